The minimum atomic E-state index is -0.108. The third kappa shape index (κ3) is 2.59. The number of hydrogen-bond acceptors (Lipinski definition) is 7. The molecule has 0 radical (unpaired) electrons. The van der Waals surface area contributed by atoms with E-state index >= 15 is 0 Å². The van der Waals surface area contributed by atoms with E-state index in [0.717, 1.165) is 25.0 Å². The molecule has 7 heteroatoms. The average Bonchev–Trinajstić information content (AvgIpc) is 3.23. The molecule has 0 unspecified atom stereocenters. The minimum absolute atomic E-state index is 0.108. The van der Waals surface area contributed by atoms with E-state index in [-0.39, 0.29) is 6.10 Å². The molecular weight excluding hydrogens is 288 g/mol. The third-order valence-corrected chi connectivity index (χ3v) is 3.57. The molecule has 1 aliphatic rings. The lowest BCUT2D eigenvalue weighted by Gasteiger charge is -2.12. The molecule has 0 bridgehead atoms. The number of aromatic nitrogens is 2. The first-order valence-corrected chi connectivity index (χ1v) is 7.02. The zero-order chi connectivity index (χ0) is 15.5. The summed E-state index contributed by atoms with van der Waals surface area (Å²) in [6, 6.07) is 3.57. The smallest absolute Gasteiger partial charge is 0.256 e. The molecule has 2 heterocycles. The number of nitrogens with zero attached hydrogens (tertiary/aromatic N) is 2. The second kappa shape index (κ2) is 6.23. The Labute approximate surface area is 128 Å². The fourth-order valence-electron chi connectivity index (χ4n) is 2.47. The van der Waals surface area contributed by atoms with Crippen molar-refractivity contribution >= 4 is 0 Å². The molecule has 0 saturated carbocycles. The lowest BCUT2D eigenvalue weighted by Crippen LogP contribution is -1.97. The summed E-state index contributed by atoms with van der Waals surface area (Å²) in [4.78, 5) is 4.41. The second-order valence-electron chi connectivity index (χ2n) is 4.87. The largest absolute Gasteiger partial charge is 0.493 e. The van der Waals surface area contributed by atoms with Crippen LogP contribution < -0.4 is 14.2 Å². The highest BCUT2D eigenvalue weighted by molar-refractivity contribution is 5.66. The van der Waals surface area contributed by atoms with Crippen LogP contribution in [0.15, 0.2) is 16.7 Å². The van der Waals surface area contributed by atoms with E-state index in [0.29, 0.717) is 29.0 Å². The summed E-state index contributed by atoms with van der Waals surface area (Å²) in [6.07, 6.45) is 1.80. The zero-order valence-electron chi connectivity index (χ0n) is 12.8. The summed E-state index contributed by atoms with van der Waals surface area (Å²) in [5.41, 5.74) is 0.725. The second-order valence-corrected chi connectivity index (χ2v) is 4.87. The third-order valence-electron chi connectivity index (χ3n) is 3.57. The zero-order valence-corrected chi connectivity index (χ0v) is 12.8. The Hall–Kier alpha value is -2.28. The molecular formula is C15H18N2O5. The van der Waals surface area contributed by atoms with Crippen molar-refractivity contribution in [1.82, 2.24) is 10.1 Å². The van der Waals surface area contributed by atoms with Gasteiger partial charge in [-0.1, -0.05) is 5.16 Å². The van der Waals surface area contributed by atoms with Gasteiger partial charge in [-0.05, 0) is 25.0 Å². The molecule has 1 atom stereocenters. The van der Waals surface area contributed by atoms with Crippen molar-refractivity contribution in [3.63, 3.8) is 0 Å². The standard InChI is InChI=1S/C15H18N2O5/c1-18-11-7-9(8-12(19-2)13(11)20-3)14-16-15(22-17-14)10-5-4-6-21-10/h7-8,10H,4-6H2,1-3H3/t10-/m0/s1. The van der Waals surface area contributed by atoms with Crippen molar-refractivity contribution < 1.29 is 23.5 Å². The Morgan fingerprint density at radius 2 is 1.82 bits per heavy atom. The fourth-order valence-corrected chi connectivity index (χ4v) is 2.47. The fraction of sp³-hybridized carbons (Fsp3) is 0.467. The maximum atomic E-state index is 5.55. The van der Waals surface area contributed by atoms with E-state index in [1.807, 2.05) is 0 Å². The highest BCUT2D eigenvalue weighted by Crippen LogP contribution is 2.40. The van der Waals surface area contributed by atoms with Crippen molar-refractivity contribution in [1.29, 1.82) is 0 Å². The van der Waals surface area contributed by atoms with Crippen LogP contribution in [0.5, 0.6) is 17.2 Å². The summed E-state index contributed by atoms with van der Waals surface area (Å²) in [5, 5.41) is 4.02. The summed E-state index contributed by atoms with van der Waals surface area (Å²) in [6.45, 7) is 0.729. The molecule has 1 aromatic carbocycles. The quantitative estimate of drug-likeness (QED) is 0.840. The molecule has 1 aliphatic heterocycles. The van der Waals surface area contributed by atoms with Gasteiger partial charge in [-0.3, -0.25) is 0 Å². The predicted molar refractivity (Wildman–Crippen MR) is 77.3 cm³/mol. The van der Waals surface area contributed by atoms with Crippen molar-refractivity contribution in [2.24, 2.45) is 0 Å². The molecule has 1 saturated heterocycles. The number of ether oxygens (including phenoxy) is 4. The molecule has 118 valence electrons. The van der Waals surface area contributed by atoms with Gasteiger partial charge >= 0.3 is 0 Å². The van der Waals surface area contributed by atoms with E-state index in [1.165, 1.54) is 0 Å². The molecule has 0 aliphatic carbocycles. The SMILES string of the molecule is COc1cc(-c2noc([C@@H]3CCCO3)n2)cc(OC)c1OC. The van der Waals surface area contributed by atoms with E-state index in [1.54, 1.807) is 33.5 Å². The monoisotopic (exact) mass is 306 g/mol. The first-order valence-electron chi connectivity index (χ1n) is 7.02. The number of methoxy groups -OCH3 is 3. The van der Waals surface area contributed by atoms with Crippen LogP contribution in [0.1, 0.15) is 24.8 Å². The van der Waals surface area contributed by atoms with E-state index in [4.69, 9.17) is 23.5 Å². The summed E-state index contributed by atoms with van der Waals surface area (Å²) in [7, 11) is 4.69. The Morgan fingerprint density at radius 1 is 1.09 bits per heavy atom. The number of benzene rings is 1. The van der Waals surface area contributed by atoms with Gasteiger partial charge in [-0.15, -0.1) is 0 Å². The maximum Gasteiger partial charge on any atom is 0.256 e. The van der Waals surface area contributed by atoms with Gasteiger partial charge in [0.15, 0.2) is 11.5 Å². The van der Waals surface area contributed by atoms with Gasteiger partial charge < -0.3 is 23.5 Å². The van der Waals surface area contributed by atoms with Gasteiger partial charge in [0.05, 0.1) is 21.3 Å². The van der Waals surface area contributed by atoms with E-state index < -0.39 is 0 Å². The minimum Gasteiger partial charge on any atom is -0.493 e. The Balaban J connectivity index is 1.97. The van der Waals surface area contributed by atoms with Crippen molar-refractivity contribution in [2.75, 3.05) is 27.9 Å². The van der Waals surface area contributed by atoms with Crippen LogP contribution in [0.4, 0.5) is 0 Å². The van der Waals surface area contributed by atoms with E-state index in [9.17, 15) is 0 Å². The van der Waals surface area contributed by atoms with Gasteiger partial charge in [-0.2, -0.15) is 4.98 Å². The van der Waals surface area contributed by atoms with Crippen LogP contribution in [0.25, 0.3) is 11.4 Å². The van der Waals surface area contributed by atoms with Gasteiger partial charge in [0.2, 0.25) is 11.6 Å². The van der Waals surface area contributed by atoms with Crippen LogP contribution in [0, 0.1) is 0 Å². The average molecular weight is 306 g/mol. The molecule has 0 amide bonds. The summed E-state index contributed by atoms with van der Waals surface area (Å²) in [5.74, 6) is 2.57. The molecule has 0 spiro atoms. The molecule has 22 heavy (non-hydrogen) atoms. The van der Waals surface area contributed by atoms with Crippen molar-refractivity contribution in [2.45, 2.75) is 18.9 Å². The summed E-state index contributed by atoms with van der Waals surface area (Å²) >= 11 is 0. The van der Waals surface area contributed by atoms with Crippen LogP contribution in [0.2, 0.25) is 0 Å². The topological polar surface area (TPSA) is 75.8 Å². The van der Waals surface area contributed by atoms with E-state index in [2.05, 4.69) is 10.1 Å². The van der Waals surface area contributed by atoms with Crippen LogP contribution in [-0.4, -0.2) is 38.1 Å². The molecule has 3 rings (SSSR count). The van der Waals surface area contributed by atoms with Crippen LogP contribution in [-0.2, 0) is 4.74 Å². The van der Waals surface area contributed by atoms with Crippen molar-refractivity contribution in [3.8, 4) is 28.6 Å². The lowest BCUT2D eigenvalue weighted by atomic mass is 10.1. The Kier molecular flexibility index (Phi) is 4.15. The Bertz CT molecular complexity index is 624. The summed E-state index contributed by atoms with van der Waals surface area (Å²) < 4.78 is 26.8. The van der Waals surface area contributed by atoms with Gasteiger partial charge in [0, 0.05) is 12.2 Å². The van der Waals surface area contributed by atoms with Gasteiger partial charge in [-0.25, -0.2) is 0 Å². The first kappa shape index (κ1) is 14.6. The van der Waals surface area contributed by atoms with Crippen LogP contribution >= 0.6 is 0 Å². The van der Waals surface area contributed by atoms with Crippen molar-refractivity contribution in [3.05, 3.63) is 18.0 Å². The normalized spacial score (nSPS) is 17.5. The molecule has 1 fully saturated rings. The number of hydrogen-bond donors (Lipinski definition) is 0. The van der Waals surface area contributed by atoms with Gasteiger partial charge in [0.1, 0.15) is 6.10 Å². The highest BCUT2D eigenvalue weighted by Gasteiger charge is 2.25. The molecule has 2 aromatic rings. The lowest BCUT2D eigenvalue weighted by molar-refractivity contribution is 0.0835. The Morgan fingerprint density at radius 3 is 2.36 bits per heavy atom. The first-order chi connectivity index (χ1) is 10.8. The molecule has 1 aromatic heterocycles. The molecule has 7 nitrogen and oxygen atoms in total. The highest BCUT2D eigenvalue weighted by atomic mass is 16.5. The maximum absolute atomic E-state index is 5.55. The molecule has 0 N–H and O–H groups in total. The predicted octanol–water partition coefficient (Wildman–Crippen LogP) is 2.61. The van der Waals surface area contributed by atoms with Gasteiger partial charge in [0.25, 0.3) is 5.89 Å². The number of rotatable bonds is 5. The van der Waals surface area contributed by atoms with Crippen LogP contribution in [0.3, 0.4) is 0 Å².